The minimum atomic E-state index is 0.0375. The van der Waals surface area contributed by atoms with Gasteiger partial charge in [-0.3, -0.25) is 9.78 Å². The summed E-state index contributed by atoms with van der Waals surface area (Å²) in [7, 11) is 4.05. The molecule has 1 aromatic heterocycles. The number of carbonyl (C=O) groups is 1. The molecule has 0 unspecified atom stereocenters. The molecule has 122 valence electrons. The second-order valence-corrected chi connectivity index (χ2v) is 6.59. The molecule has 5 nitrogen and oxygen atoms in total. The number of aliphatic hydroxyl groups is 1. The lowest BCUT2D eigenvalue weighted by atomic mass is 9.97. The summed E-state index contributed by atoms with van der Waals surface area (Å²) >= 11 is 0. The van der Waals surface area contributed by atoms with E-state index in [-0.39, 0.29) is 18.4 Å². The smallest absolute Gasteiger partial charge is 0.253 e. The second-order valence-electron chi connectivity index (χ2n) is 6.59. The first-order valence-electron chi connectivity index (χ1n) is 7.98. The van der Waals surface area contributed by atoms with Crippen LogP contribution in [0.1, 0.15) is 10.4 Å². The normalized spacial score (nSPS) is 21.3. The van der Waals surface area contributed by atoms with Crippen molar-refractivity contribution < 1.29 is 9.90 Å². The van der Waals surface area contributed by atoms with Crippen LogP contribution in [0.5, 0.6) is 0 Å². The number of aliphatic hydroxyl groups excluding tert-OH is 1. The van der Waals surface area contributed by atoms with E-state index in [2.05, 4.69) is 9.88 Å². The Balaban J connectivity index is 1.79. The third-order valence-corrected chi connectivity index (χ3v) is 4.55. The number of fused-ring (bicyclic) bond motifs is 1. The standard InChI is InChI=1S/C18H23N3O2/c1-20(2)9-15-10-21(11-16(15)12-22)18(23)14-5-6-17-13(8-14)4-3-7-19-17/h3-8,15-16,22H,9-12H2,1-2H3/t15-,16-/m1/s1. The van der Waals surface area contributed by atoms with Gasteiger partial charge in [-0.25, -0.2) is 0 Å². The van der Waals surface area contributed by atoms with Crippen molar-refractivity contribution in [3.8, 4) is 0 Å². The number of aromatic nitrogens is 1. The zero-order chi connectivity index (χ0) is 16.4. The van der Waals surface area contributed by atoms with Crippen molar-refractivity contribution in [1.29, 1.82) is 0 Å². The molecule has 2 aromatic rings. The number of carbonyl (C=O) groups excluding carboxylic acids is 1. The molecule has 2 heterocycles. The molecule has 0 radical (unpaired) electrons. The molecular formula is C18H23N3O2. The second kappa shape index (κ2) is 6.64. The van der Waals surface area contributed by atoms with Crippen LogP contribution < -0.4 is 0 Å². The van der Waals surface area contributed by atoms with E-state index >= 15 is 0 Å². The van der Waals surface area contributed by atoms with E-state index in [0.29, 0.717) is 24.6 Å². The Bertz CT molecular complexity index is 701. The van der Waals surface area contributed by atoms with E-state index in [1.165, 1.54) is 0 Å². The fourth-order valence-corrected chi connectivity index (χ4v) is 3.38. The molecule has 2 atom stereocenters. The molecule has 1 aliphatic heterocycles. The van der Waals surface area contributed by atoms with Gasteiger partial charge in [-0.2, -0.15) is 0 Å². The van der Waals surface area contributed by atoms with E-state index in [0.717, 1.165) is 17.4 Å². The maximum atomic E-state index is 12.8. The molecule has 1 N–H and O–H groups in total. The van der Waals surface area contributed by atoms with Gasteiger partial charge in [0.15, 0.2) is 0 Å². The number of likely N-dealkylation sites (tertiary alicyclic amines) is 1. The van der Waals surface area contributed by atoms with Crippen LogP contribution >= 0.6 is 0 Å². The highest BCUT2D eigenvalue weighted by Gasteiger charge is 2.35. The minimum Gasteiger partial charge on any atom is -0.396 e. The monoisotopic (exact) mass is 313 g/mol. The highest BCUT2D eigenvalue weighted by atomic mass is 16.3. The Morgan fingerprint density at radius 2 is 2.09 bits per heavy atom. The highest BCUT2D eigenvalue weighted by Crippen LogP contribution is 2.26. The number of hydrogen-bond donors (Lipinski definition) is 1. The van der Waals surface area contributed by atoms with Gasteiger partial charge in [-0.1, -0.05) is 6.07 Å². The summed E-state index contributed by atoms with van der Waals surface area (Å²) in [5.74, 6) is 0.514. The van der Waals surface area contributed by atoms with Crippen molar-refractivity contribution in [2.75, 3.05) is 40.3 Å². The molecule has 3 rings (SSSR count). The van der Waals surface area contributed by atoms with E-state index < -0.39 is 0 Å². The summed E-state index contributed by atoms with van der Waals surface area (Å²) in [6.45, 7) is 2.34. The van der Waals surface area contributed by atoms with Crippen LogP contribution in [0.4, 0.5) is 0 Å². The molecule has 1 fully saturated rings. The summed E-state index contributed by atoms with van der Waals surface area (Å²) in [5.41, 5.74) is 1.58. The van der Waals surface area contributed by atoms with Gasteiger partial charge in [0.2, 0.25) is 0 Å². The molecule has 1 aliphatic rings. The molecule has 0 aliphatic carbocycles. The Morgan fingerprint density at radius 1 is 1.30 bits per heavy atom. The molecular weight excluding hydrogens is 290 g/mol. The Hall–Kier alpha value is -1.98. The molecule has 1 aromatic carbocycles. The van der Waals surface area contributed by atoms with Crippen LogP contribution in [0.15, 0.2) is 36.5 Å². The zero-order valence-corrected chi connectivity index (χ0v) is 13.6. The van der Waals surface area contributed by atoms with Crippen molar-refractivity contribution in [3.05, 3.63) is 42.1 Å². The molecule has 23 heavy (non-hydrogen) atoms. The number of hydrogen-bond acceptors (Lipinski definition) is 4. The van der Waals surface area contributed by atoms with Gasteiger partial charge in [-0.15, -0.1) is 0 Å². The molecule has 0 saturated carbocycles. The van der Waals surface area contributed by atoms with Crippen LogP contribution in [-0.4, -0.2) is 66.1 Å². The van der Waals surface area contributed by atoms with E-state index in [1.807, 2.05) is 49.3 Å². The first-order chi connectivity index (χ1) is 11.1. The fourth-order valence-electron chi connectivity index (χ4n) is 3.38. The van der Waals surface area contributed by atoms with Gasteiger partial charge in [-0.05, 0) is 44.3 Å². The topological polar surface area (TPSA) is 56.7 Å². The van der Waals surface area contributed by atoms with Crippen LogP contribution in [0, 0.1) is 11.8 Å². The zero-order valence-electron chi connectivity index (χ0n) is 13.6. The van der Waals surface area contributed by atoms with Crippen molar-refractivity contribution in [2.45, 2.75) is 0 Å². The van der Waals surface area contributed by atoms with E-state index in [1.54, 1.807) is 6.20 Å². The number of benzene rings is 1. The number of pyridine rings is 1. The Morgan fingerprint density at radius 3 is 2.83 bits per heavy atom. The number of nitrogens with zero attached hydrogens (tertiary/aromatic N) is 3. The summed E-state index contributed by atoms with van der Waals surface area (Å²) < 4.78 is 0. The quantitative estimate of drug-likeness (QED) is 0.929. The van der Waals surface area contributed by atoms with Crippen molar-refractivity contribution >= 4 is 16.8 Å². The lowest BCUT2D eigenvalue weighted by Crippen LogP contribution is -2.30. The first-order valence-corrected chi connectivity index (χ1v) is 7.98. The molecule has 1 amide bonds. The lowest BCUT2D eigenvalue weighted by molar-refractivity contribution is 0.0779. The highest BCUT2D eigenvalue weighted by molar-refractivity contribution is 5.98. The summed E-state index contributed by atoms with van der Waals surface area (Å²) in [4.78, 5) is 21.1. The Labute approximate surface area is 136 Å². The summed E-state index contributed by atoms with van der Waals surface area (Å²) in [6, 6.07) is 9.47. The Kier molecular flexibility index (Phi) is 4.59. The average molecular weight is 313 g/mol. The van der Waals surface area contributed by atoms with Gasteiger partial charge < -0.3 is 14.9 Å². The van der Waals surface area contributed by atoms with Crippen molar-refractivity contribution in [1.82, 2.24) is 14.8 Å². The average Bonchev–Trinajstić information content (AvgIpc) is 2.95. The fraction of sp³-hybridized carbons (Fsp3) is 0.444. The van der Waals surface area contributed by atoms with Gasteiger partial charge in [0, 0.05) is 49.3 Å². The van der Waals surface area contributed by atoms with Gasteiger partial charge in [0.1, 0.15) is 0 Å². The maximum Gasteiger partial charge on any atom is 0.253 e. The third-order valence-electron chi connectivity index (χ3n) is 4.55. The van der Waals surface area contributed by atoms with Crippen LogP contribution in [-0.2, 0) is 0 Å². The predicted octanol–water partition coefficient (Wildman–Crippen LogP) is 1.48. The molecule has 0 bridgehead atoms. The third kappa shape index (κ3) is 3.35. The van der Waals surface area contributed by atoms with Gasteiger partial charge >= 0.3 is 0 Å². The van der Waals surface area contributed by atoms with Crippen molar-refractivity contribution in [2.24, 2.45) is 11.8 Å². The van der Waals surface area contributed by atoms with Gasteiger partial charge in [0.25, 0.3) is 5.91 Å². The van der Waals surface area contributed by atoms with Crippen LogP contribution in [0.3, 0.4) is 0 Å². The SMILES string of the molecule is CN(C)C[C@@H]1CN(C(=O)c2ccc3ncccc3c2)C[C@@H]1CO. The molecule has 0 spiro atoms. The maximum absolute atomic E-state index is 12.8. The van der Waals surface area contributed by atoms with Crippen LogP contribution in [0.2, 0.25) is 0 Å². The van der Waals surface area contributed by atoms with E-state index in [4.69, 9.17) is 0 Å². The predicted molar refractivity (Wildman–Crippen MR) is 90.3 cm³/mol. The minimum absolute atomic E-state index is 0.0375. The molecule has 1 saturated heterocycles. The first kappa shape index (κ1) is 15.9. The lowest BCUT2D eigenvalue weighted by Gasteiger charge is -2.20. The number of amides is 1. The number of rotatable bonds is 4. The largest absolute Gasteiger partial charge is 0.396 e. The summed E-state index contributed by atoms with van der Waals surface area (Å²) in [5, 5.41) is 10.6. The van der Waals surface area contributed by atoms with Crippen LogP contribution in [0.25, 0.3) is 10.9 Å². The van der Waals surface area contributed by atoms with Gasteiger partial charge in [0.05, 0.1) is 5.52 Å². The van der Waals surface area contributed by atoms with E-state index in [9.17, 15) is 9.90 Å². The van der Waals surface area contributed by atoms with Crippen molar-refractivity contribution in [3.63, 3.8) is 0 Å². The summed E-state index contributed by atoms with van der Waals surface area (Å²) in [6.07, 6.45) is 1.75. The molecule has 5 heteroatoms.